The minimum Gasteiger partial charge on any atom is -0.368 e. The van der Waals surface area contributed by atoms with E-state index in [4.69, 9.17) is 5.73 Å². The maximum absolute atomic E-state index is 12.0. The number of amides is 1. The number of nitrogens with zero attached hydrogens (tertiary/aromatic N) is 2. The molecule has 1 fully saturated rings. The second-order valence-electron chi connectivity index (χ2n) is 5.28. The second kappa shape index (κ2) is 7.08. The van der Waals surface area contributed by atoms with E-state index in [0.717, 1.165) is 49.6 Å². The van der Waals surface area contributed by atoms with Crippen LogP contribution in [-0.4, -0.2) is 38.9 Å². The molecule has 0 saturated heterocycles. The Labute approximate surface area is 123 Å². The number of primary amides is 1. The summed E-state index contributed by atoms with van der Waals surface area (Å²) in [6, 6.07) is 0. The lowest BCUT2D eigenvalue weighted by Crippen LogP contribution is -2.58. The molecule has 0 radical (unpaired) electrons. The summed E-state index contributed by atoms with van der Waals surface area (Å²) >= 11 is 1.64. The van der Waals surface area contributed by atoms with E-state index in [9.17, 15) is 4.79 Å². The van der Waals surface area contributed by atoms with Crippen LogP contribution in [0.2, 0.25) is 0 Å². The van der Waals surface area contributed by atoms with Crippen molar-refractivity contribution in [3.63, 3.8) is 0 Å². The highest BCUT2D eigenvalue weighted by molar-refractivity contribution is 7.99. The van der Waals surface area contributed by atoms with Crippen molar-refractivity contribution in [2.45, 2.75) is 49.7 Å². The van der Waals surface area contributed by atoms with Crippen LogP contribution in [0.4, 0.5) is 0 Å². The van der Waals surface area contributed by atoms with Gasteiger partial charge in [0.1, 0.15) is 11.9 Å². The molecule has 0 bridgehead atoms. The third-order valence-corrected chi connectivity index (χ3v) is 4.96. The number of H-pyrrole nitrogens is 1. The summed E-state index contributed by atoms with van der Waals surface area (Å²) in [5, 5.41) is 10.9. The monoisotopic (exact) mass is 297 g/mol. The average molecular weight is 297 g/mol. The molecule has 1 amide bonds. The van der Waals surface area contributed by atoms with Gasteiger partial charge in [0.05, 0.1) is 0 Å². The molecule has 1 aliphatic rings. The van der Waals surface area contributed by atoms with E-state index in [1.807, 2.05) is 0 Å². The van der Waals surface area contributed by atoms with Gasteiger partial charge >= 0.3 is 0 Å². The second-order valence-corrected chi connectivity index (χ2v) is 6.36. The zero-order valence-electron chi connectivity index (χ0n) is 11.9. The van der Waals surface area contributed by atoms with Crippen LogP contribution in [0.5, 0.6) is 0 Å². The van der Waals surface area contributed by atoms with E-state index in [2.05, 4.69) is 27.4 Å². The zero-order valence-corrected chi connectivity index (χ0v) is 12.7. The van der Waals surface area contributed by atoms with Gasteiger partial charge in [-0.2, -0.15) is 5.10 Å². The van der Waals surface area contributed by atoms with Gasteiger partial charge in [0.15, 0.2) is 5.16 Å². The topological polar surface area (TPSA) is 96.7 Å². The number of hydrogen-bond donors (Lipinski definition) is 3. The number of carbonyl (C=O) groups is 1. The lowest BCUT2D eigenvalue weighted by atomic mass is 9.84. The van der Waals surface area contributed by atoms with Gasteiger partial charge in [-0.05, 0) is 38.1 Å². The largest absolute Gasteiger partial charge is 0.368 e. The fourth-order valence-electron chi connectivity index (χ4n) is 3.02. The fraction of sp³-hybridized carbons (Fsp3) is 0.769. The van der Waals surface area contributed by atoms with E-state index in [1.54, 1.807) is 11.8 Å². The maximum atomic E-state index is 12.0. The van der Waals surface area contributed by atoms with Crippen molar-refractivity contribution in [2.75, 3.05) is 12.3 Å². The Bertz CT molecular complexity index is 424. The van der Waals surface area contributed by atoms with Crippen molar-refractivity contribution in [2.24, 2.45) is 11.7 Å². The predicted octanol–water partition coefficient (Wildman–Crippen LogP) is 1.31. The maximum Gasteiger partial charge on any atom is 0.238 e. The van der Waals surface area contributed by atoms with Gasteiger partial charge in [-0.3, -0.25) is 9.89 Å². The minimum atomic E-state index is -0.502. The van der Waals surface area contributed by atoms with Crippen molar-refractivity contribution in [3.05, 3.63) is 6.33 Å². The summed E-state index contributed by atoms with van der Waals surface area (Å²) < 4.78 is 0. The average Bonchev–Trinajstić information content (AvgIpc) is 3.06. The van der Waals surface area contributed by atoms with E-state index in [-0.39, 0.29) is 5.91 Å². The fourth-order valence-corrected chi connectivity index (χ4v) is 3.86. The molecule has 20 heavy (non-hydrogen) atoms. The smallest absolute Gasteiger partial charge is 0.238 e. The molecule has 0 aromatic carbocycles. The Morgan fingerprint density at radius 1 is 1.70 bits per heavy atom. The van der Waals surface area contributed by atoms with E-state index in [1.165, 1.54) is 6.33 Å². The highest BCUT2D eigenvalue weighted by Gasteiger charge is 2.46. The molecule has 7 heteroatoms. The van der Waals surface area contributed by atoms with Gasteiger partial charge in [0, 0.05) is 5.75 Å². The predicted molar refractivity (Wildman–Crippen MR) is 79.3 cm³/mol. The van der Waals surface area contributed by atoms with Crippen LogP contribution in [0.15, 0.2) is 11.5 Å². The standard InChI is InChI=1S/C13H23N5OS/c1-2-7-16-13(11(14)19)6-3-4-10(13)5-8-20-12-15-9-17-18-12/h9-10,16H,2-8H2,1H3,(H2,14,19)(H,15,17,18). The molecule has 2 rings (SSSR count). The Morgan fingerprint density at radius 3 is 3.20 bits per heavy atom. The SMILES string of the molecule is CCCNC1(C(N)=O)CCCC1CCSc1ncn[nH]1. The van der Waals surface area contributed by atoms with Gasteiger partial charge in [0.2, 0.25) is 5.91 Å². The Morgan fingerprint density at radius 2 is 2.55 bits per heavy atom. The zero-order chi connectivity index (χ0) is 14.4. The van der Waals surface area contributed by atoms with Crippen LogP contribution in [-0.2, 0) is 4.79 Å². The lowest BCUT2D eigenvalue weighted by Gasteiger charge is -2.33. The molecule has 0 aliphatic heterocycles. The number of nitrogens with two attached hydrogens (primary N) is 1. The molecule has 112 valence electrons. The Hall–Kier alpha value is -1.08. The molecule has 2 unspecified atom stereocenters. The molecule has 6 nitrogen and oxygen atoms in total. The molecule has 1 saturated carbocycles. The number of hydrogen-bond acceptors (Lipinski definition) is 5. The minimum absolute atomic E-state index is 0.196. The molecule has 0 spiro atoms. The highest BCUT2D eigenvalue weighted by atomic mass is 32.2. The first-order valence-corrected chi connectivity index (χ1v) is 8.20. The summed E-state index contributed by atoms with van der Waals surface area (Å²) in [5.74, 6) is 1.04. The number of aromatic nitrogens is 3. The van der Waals surface area contributed by atoms with E-state index < -0.39 is 5.54 Å². The molecule has 1 aromatic rings. The van der Waals surface area contributed by atoms with Gasteiger partial charge in [-0.1, -0.05) is 25.1 Å². The Kier molecular flexibility index (Phi) is 5.42. The first-order valence-electron chi connectivity index (χ1n) is 7.22. The third-order valence-electron chi connectivity index (χ3n) is 4.05. The molecule has 1 aromatic heterocycles. The number of carbonyl (C=O) groups excluding carboxylic acids is 1. The van der Waals surface area contributed by atoms with Crippen molar-refractivity contribution >= 4 is 17.7 Å². The first-order chi connectivity index (χ1) is 9.69. The normalized spacial score (nSPS) is 25.9. The summed E-state index contributed by atoms with van der Waals surface area (Å²) in [6.45, 7) is 2.94. The summed E-state index contributed by atoms with van der Waals surface area (Å²) in [6.07, 6.45) is 6.47. The van der Waals surface area contributed by atoms with Crippen LogP contribution in [0.25, 0.3) is 0 Å². The van der Waals surface area contributed by atoms with Crippen LogP contribution in [0.3, 0.4) is 0 Å². The van der Waals surface area contributed by atoms with E-state index in [0.29, 0.717) is 5.92 Å². The van der Waals surface area contributed by atoms with Crippen LogP contribution < -0.4 is 11.1 Å². The van der Waals surface area contributed by atoms with Crippen molar-refractivity contribution in [1.29, 1.82) is 0 Å². The van der Waals surface area contributed by atoms with Crippen molar-refractivity contribution in [3.8, 4) is 0 Å². The molecule has 1 aliphatic carbocycles. The molecule has 2 atom stereocenters. The number of aromatic amines is 1. The van der Waals surface area contributed by atoms with Crippen LogP contribution in [0, 0.1) is 5.92 Å². The molecule has 1 heterocycles. The van der Waals surface area contributed by atoms with Crippen LogP contribution >= 0.6 is 11.8 Å². The third kappa shape index (κ3) is 3.32. The quantitative estimate of drug-likeness (QED) is 0.629. The summed E-state index contributed by atoms with van der Waals surface area (Å²) in [7, 11) is 0. The van der Waals surface area contributed by atoms with Gasteiger partial charge in [0.25, 0.3) is 0 Å². The van der Waals surface area contributed by atoms with Crippen molar-refractivity contribution < 1.29 is 4.79 Å². The van der Waals surface area contributed by atoms with Gasteiger partial charge in [-0.25, -0.2) is 4.98 Å². The molecular formula is C13H23N5OS. The number of nitrogens with one attached hydrogen (secondary N) is 2. The molecule has 4 N–H and O–H groups in total. The molecular weight excluding hydrogens is 274 g/mol. The number of rotatable bonds is 8. The summed E-state index contributed by atoms with van der Waals surface area (Å²) in [4.78, 5) is 16.0. The van der Waals surface area contributed by atoms with Gasteiger partial charge in [-0.15, -0.1) is 0 Å². The van der Waals surface area contributed by atoms with Crippen LogP contribution in [0.1, 0.15) is 39.0 Å². The first kappa shape index (κ1) is 15.3. The number of thioether (sulfide) groups is 1. The van der Waals surface area contributed by atoms with E-state index >= 15 is 0 Å². The summed E-state index contributed by atoms with van der Waals surface area (Å²) in [5.41, 5.74) is 5.19. The lowest BCUT2D eigenvalue weighted by molar-refractivity contribution is -0.126. The Balaban J connectivity index is 1.92. The van der Waals surface area contributed by atoms with Gasteiger partial charge < -0.3 is 11.1 Å². The van der Waals surface area contributed by atoms with Crippen molar-refractivity contribution in [1.82, 2.24) is 20.5 Å². The highest BCUT2D eigenvalue weighted by Crippen LogP contribution is 2.38.